The van der Waals surface area contributed by atoms with Crippen molar-refractivity contribution < 1.29 is 14.6 Å². The van der Waals surface area contributed by atoms with E-state index in [9.17, 15) is 5.11 Å². The maximum Gasteiger partial charge on any atom is 0.218 e. The van der Waals surface area contributed by atoms with E-state index < -0.39 is 0 Å². The van der Waals surface area contributed by atoms with Gasteiger partial charge in [-0.05, 0) is 50.1 Å². The lowest BCUT2D eigenvalue weighted by molar-refractivity contribution is 0.118. The number of β-amino-alcohol motifs (C(OH)–C–C–N with tert-alkyl or cyclic N) is 1. The van der Waals surface area contributed by atoms with E-state index in [1.54, 1.807) is 26.5 Å². The van der Waals surface area contributed by atoms with Gasteiger partial charge in [0.05, 0.1) is 46.8 Å². The standard InChI is InChI=1S/C31H30Cl3N3O3/c1-17(38)15-37-11-9-19-12-20(13-27(39-3)24(19)16-37)30-29(34)22(8-10-35-30)21-6-5-7-23(28(21)33)26-14-25(32)18(2)31(36-26)40-4/h5-8,10,12-14,17,38H,9,11,15-16H2,1-4H3/t17-/m0/s1. The van der Waals surface area contributed by atoms with Crippen molar-refractivity contribution in [2.75, 3.05) is 27.3 Å². The summed E-state index contributed by atoms with van der Waals surface area (Å²) in [4.78, 5) is 11.5. The lowest BCUT2D eigenvalue weighted by Crippen LogP contribution is -2.35. The Labute approximate surface area is 249 Å². The summed E-state index contributed by atoms with van der Waals surface area (Å²) in [5.41, 5.74) is 7.42. The third-order valence-corrected chi connectivity index (χ3v) is 8.39. The summed E-state index contributed by atoms with van der Waals surface area (Å²) in [7, 11) is 3.23. The number of aromatic nitrogens is 2. The number of ether oxygens (including phenoxy) is 2. The SMILES string of the molecule is COc1cc(-c2nccc(-c3cccc(-c4cc(Cl)c(C)c(OC)n4)c3Cl)c2Cl)cc2c1CN(C[C@H](C)O)CC2. The third-order valence-electron chi connectivity index (χ3n) is 7.21. The molecule has 208 valence electrons. The van der Waals surface area contributed by atoms with Crippen LogP contribution < -0.4 is 9.47 Å². The highest BCUT2D eigenvalue weighted by atomic mass is 35.5. The van der Waals surface area contributed by atoms with Gasteiger partial charge in [0.15, 0.2) is 0 Å². The van der Waals surface area contributed by atoms with E-state index in [1.807, 2.05) is 44.2 Å². The molecule has 0 aliphatic carbocycles. The van der Waals surface area contributed by atoms with Gasteiger partial charge in [0.1, 0.15) is 5.75 Å². The van der Waals surface area contributed by atoms with Gasteiger partial charge in [-0.1, -0.05) is 53.0 Å². The van der Waals surface area contributed by atoms with Crippen LogP contribution in [0.15, 0.2) is 48.7 Å². The molecule has 1 aliphatic heterocycles. The summed E-state index contributed by atoms with van der Waals surface area (Å²) in [5.74, 6) is 1.23. The van der Waals surface area contributed by atoms with Crippen molar-refractivity contribution in [1.82, 2.24) is 14.9 Å². The predicted molar refractivity (Wildman–Crippen MR) is 162 cm³/mol. The molecule has 5 rings (SSSR count). The molecule has 2 aromatic carbocycles. The number of rotatable bonds is 7. The average molecular weight is 599 g/mol. The zero-order valence-corrected chi connectivity index (χ0v) is 25.0. The van der Waals surface area contributed by atoms with Crippen molar-refractivity contribution in [3.05, 3.63) is 80.4 Å². The maximum atomic E-state index is 9.85. The minimum absolute atomic E-state index is 0.385. The molecule has 0 radical (unpaired) electrons. The fraction of sp³-hybridized carbons (Fsp3) is 0.290. The summed E-state index contributed by atoms with van der Waals surface area (Å²) < 4.78 is 11.2. The fourth-order valence-corrected chi connectivity index (χ4v) is 6.05. The van der Waals surface area contributed by atoms with Crippen LogP contribution in [0.4, 0.5) is 0 Å². The summed E-state index contributed by atoms with van der Waals surface area (Å²) in [5, 5.41) is 11.4. The van der Waals surface area contributed by atoms with Crippen LogP contribution in [0.1, 0.15) is 23.6 Å². The number of nitrogens with zero attached hydrogens (tertiary/aromatic N) is 3. The second-order valence-electron chi connectivity index (χ2n) is 9.96. The van der Waals surface area contributed by atoms with Crippen molar-refractivity contribution in [2.45, 2.75) is 32.9 Å². The van der Waals surface area contributed by atoms with Gasteiger partial charge >= 0.3 is 0 Å². The van der Waals surface area contributed by atoms with E-state index in [1.165, 1.54) is 5.56 Å². The Balaban J connectivity index is 1.56. The van der Waals surface area contributed by atoms with E-state index in [0.29, 0.717) is 44.4 Å². The molecule has 1 aliphatic rings. The Morgan fingerprint density at radius 3 is 2.48 bits per heavy atom. The fourth-order valence-electron chi connectivity index (χ4n) is 5.22. The monoisotopic (exact) mass is 597 g/mol. The van der Waals surface area contributed by atoms with E-state index >= 15 is 0 Å². The molecule has 0 amide bonds. The molecule has 0 spiro atoms. The van der Waals surface area contributed by atoms with Gasteiger partial charge in [-0.2, -0.15) is 0 Å². The number of pyridine rings is 2. The quantitative estimate of drug-likeness (QED) is 0.238. The minimum Gasteiger partial charge on any atom is -0.496 e. The highest BCUT2D eigenvalue weighted by molar-refractivity contribution is 6.39. The molecule has 40 heavy (non-hydrogen) atoms. The van der Waals surface area contributed by atoms with Crippen molar-refractivity contribution >= 4 is 34.8 Å². The number of aliphatic hydroxyl groups excluding tert-OH is 1. The van der Waals surface area contributed by atoms with Gasteiger partial charge in [-0.15, -0.1) is 0 Å². The van der Waals surface area contributed by atoms with E-state index in [2.05, 4.69) is 20.9 Å². The van der Waals surface area contributed by atoms with Crippen molar-refractivity contribution in [3.8, 4) is 45.3 Å². The molecule has 9 heteroatoms. The highest BCUT2D eigenvalue weighted by Gasteiger charge is 2.24. The first kappa shape index (κ1) is 28.7. The smallest absolute Gasteiger partial charge is 0.218 e. The Hall–Kier alpha value is -2.87. The van der Waals surface area contributed by atoms with E-state index in [4.69, 9.17) is 44.3 Å². The first-order valence-electron chi connectivity index (χ1n) is 13.0. The molecule has 1 atom stereocenters. The van der Waals surface area contributed by atoms with Crippen LogP contribution in [0.5, 0.6) is 11.6 Å². The number of benzene rings is 2. The van der Waals surface area contributed by atoms with Gasteiger partial charge in [0.25, 0.3) is 0 Å². The van der Waals surface area contributed by atoms with Crippen molar-refractivity contribution in [3.63, 3.8) is 0 Å². The van der Waals surface area contributed by atoms with Crippen LogP contribution >= 0.6 is 34.8 Å². The minimum atomic E-state index is -0.385. The van der Waals surface area contributed by atoms with Crippen LogP contribution in [-0.2, 0) is 13.0 Å². The second kappa shape index (κ2) is 11.9. The molecule has 0 saturated carbocycles. The van der Waals surface area contributed by atoms with E-state index in [-0.39, 0.29) is 6.10 Å². The van der Waals surface area contributed by atoms with Gasteiger partial charge in [0, 0.05) is 59.2 Å². The molecule has 6 nitrogen and oxygen atoms in total. The van der Waals surface area contributed by atoms with Crippen LogP contribution in [0.3, 0.4) is 0 Å². The van der Waals surface area contributed by atoms with Crippen LogP contribution in [-0.4, -0.2) is 53.4 Å². The lowest BCUT2D eigenvalue weighted by Gasteiger charge is -2.31. The highest BCUT2D eigenvalue weighted by Crippen LogP contribution is 2.43. The molecule has 1 N–H and O–H groups in total. The molecule has 0 fully saturated rings. The molecule has 4 aromatic rings. The third kappa shape index (κ3) is 5.52. The number of hydrogen-bond acceptors (Lipinski definition) is 6. The first-order chi connectivity index (χ1) is 19.2. The number of aliphatic hydroxyl groups is 1. The zero-order valence-electron chi connectivity index (χ0n) is 22.8. The Morgan fingerprint density at radius 1 is 1.00 bits per heavy atom. The van der Waals surface area contributed by atoms with Gasteiger partial charge < -0.3 is 14.6 Å². The van der Waals surface area contributed by atoms with Gasteiger partial charge in [-0.25, -0.2) is 4.98 Å². The van der Waals surface area contributed by atoms with Gasteiger partial charge in [-0.3, -0.25) is 9.88 Å². The molecule has 0 bridgehead atoms. The Kier molecular flexibility index (Phi) is 8.55. The topological polar surface area (TPSA) is 67.7 Å². The molecular formula is C31H30Cl3N3O3. The average Bonchev–Trinajstić information content (AvgIpc) is 2.94. The van der Waals surface area contributed by atoms with Crippen LogP contribution in [0.25, 0.3) is 33.6 Å². The van der Waals surface area contributed by atoms with E-state index in [0.717, 1.165) is 53.1 Å². The zero-order chi connectivity index (χ0) is 28.6. The van der Waals surface area contributed by atoms with Crippen molar-refractivity contribution in [1.29, 1.82) is 0 Å². The Bertz CT molecular complexity index is 1560. The summed E-state index contributed by atoms with van der Waals surface area (Å²) in [6.45, 7) is 5.86. The molecule has 2 aromatic heterocycles. The molecule has 0 saturated heterocycles. The molecule has 3 heterocycles. The molecule has 0 unspecified atom stereocenters. The van der Waals surface area contributed by atoms with Gasteiger partial charge in [0.2, 0.25) is 5.88 Å². The largest absolute Gasteiger partial charge is 0.496 e. The number of halogens is 3. The number of methoxy groups -OCH3 is 2. The van der Waals surface area contributed by atoms with Crippen LogP contribution in [0.2, 0.25) is 15.1 Å². The lowest BCUT2D eigenvalue weighted by atomic mass is 9.93. The number of fused-ring (bicyclic) bond motifs is 1. The first-order valence-corrected chi connectivity index (χ1v) is 14.1. The maximum absolute atomic E-state index is 9.85. The predicted octanol–water partition coefficient (Wildman–Crippen LogP) is 7.50. The summed E-state index contributed by atoms with van der Waals surface area (Å²) in [6, 6.07) is 13.5. The van der Waals surface area contributed by atoms with Crippen molar-refractivity contribution in [2.24, 2.45) is 0 Å². The summed E-state index contributed by atoms with van der Waals surface area (Å²) >= 11 is 20.5. The molecular weight excluding hydrogens is 569 g/mol. The number of hydrogen-bond donors (Lipinski definition) is 1. The second-order valence-corrected chi connectivity index (χ2v) is 11.1. The van der Waals surface area contributed by atoms with Crippen LogP contribution in [0, 0.1) is 6.92 Å². The Morgan fingerprint density at radius 2 is 1.75 bits per heavy atom. The normalized spacial score (nSPS) is 14.1. The summed E-state index contributed by atoms with van der Waals surface area (Å²) in [6.07, 6.45) is 2.19.